The summed E-state index contributed by atoms with van der Waals surface area (Å²) in [6, 6.07) is 0. The molecule has 2 aliphatic heterocycles. The van der Waals surface area contributed by atoms with E-state index in [4.69, 9.17) is 24.1 Å². The van der Waals surface area contributed by atoms with Crippen LogP contribution < -0.4 is 0 Å². The maximum Gasteiger partial charge on any atom is 0.305 e. The second-order valence-electron chi connectivity index (χ2n) is 6.41. The highest BCUT2D eigenvalue weighted by atomic mass is 16.8. The molecule has 0 bridgehead atoms. The van der Waals surface area contributed by atoms with Gasteiger partial charge in [-0.2, -0.15) is 0 Å². The molecule has 0 aromatic heterocycles. The van der Waals surface area contributed by atoms with Crippen molar-refractivity contribution in [1.29, 1.82) is 0 Å². The minimum Gasteiger partial charge on any atom is -0.463 e. The fraction of sp³-hybridized carbons (Fsp3) is 0.933. The van der Waals surface area contributed by atoms with Crippen LogP contribution in [0.15, 0.2) is 0 Å². The van der Waals surface area contributed by atoms with Crippen molar-refractivity contribution in [1.82, 2.24) is 0 Å². The molecule has 2 heterocycles. The largest absolute Gasteiger partial charge is 0.463 e. The molecule has 2 rings (SSSR count). The highest BCUT2D eigenvalue weighted by Crippen LogP contribution is 2.35. The molecule has 2 saturated heterocycles. The van der Waals surface area contributed by atoms with E-state index in [0.29, 0.717) is 0 Å². The molecule has 12 heteroatoms. The Balaban J connectivity index is 2.14. The van der Waals surface area contributed by atoms with E-state index < -0.39 is 80.6 Å². The summed E-state index contributed by atoms with van der Waals surface area (Å²) in [5.74, 6) is -2.84. The molecule has 9 atom stereocenters. The van der Waals surface area contributed by atoms with E-state index in [2.05, 4.69) is 0 Å². The van der Waals surface area contributed by atoms with Gasteiger partial charge in [-0.05, 0) is 0 Å². The fourth-order valence-electron chi connectivity index (χ4n) is 2.90. The number of hydrogen-bond acceptors (Lipinski definition) is 12. The zero-order valence-corrected chi connectivity index (χ0v) is 14.6. The van der Waals surface area contributed by atoms with Gasteiger partial charge in [0.1, 0.15) is 55.9 Å². The van der Waals surface area contributed by atoms with Gasteiger partial charge in [0.05, 0.1) is 6.61 Å². The Labute approximate surface area is 154 Å². The van der Waals surface area contributed by atoms with Crippen molar-refractivity contribution >= 4 is 5.97 Å². The number of rotatable bonds is 7. The Morgan fingerprint density at radius 1 is 1.00 bits per heavy atom. The first-order valence-corrected chi connectivity index (χ1v) is 8.49. The maximum absolute atomic E-state index is 11.3. The lowest BCUT2D eigenvalue weighted by Gasteiger charge is -2.43. The van der Waals surface area contributed by atoms with Crippen LogP contribution in [0.1, 0.15) is 13.3 Å². The van der Waals surface area contributed by atoms with E-state index in [1.807, 2.05) is 0 Å². The molecule has 2 fully saturated rings. The standard InChI is InChI=1S/C15H26O12/c1-2-8(18)24-4-7-9(19)11(21)12(22)14(25-7)27-15(5-17)13(23)10(20)6(3-16)26-15/h6-7,9-14,16-17,19-23H,2-5H2,1H3/t6?,7-,9?,10-,11+,12?,13?,14+,15+/m1/s1. The Morgan fingerprint density at radius 2 is 1.67 bits per heavy atom. The first kappa shape index (κ1) is 22.4. The highest BCUT2D eigenvalue weighted by molar-refractivity contribution is 5.68. The summed E-state index contributed by atoms with van der Waals surface area (Å²) in [5.41, 5.74) is 0. The summed E-state index contributed by atoms with van der Waals surface area (Å²) in [7, 11) is 0. The Hall–Kier alpha value is -0.930. The van der Waals surface area contributed by atoms with Crippen molar-refractivity contribution in [2.75, 3.05) is 19.8 Å². The smallest absolute Gasteiger partial charge is 0.305 e. The van der Waals surface area contributed by atoms with Gasteiger partial charge in [-0.1, -0.05) is 6.92 Å². The van der Waals surface area contributed by atoms with Gasteiger partial charge < -0.3 is 54.7 Å². The normalized spacial score (nSPS) is 45.0. The van der Waals surface area contributed by atoms with Crippen molar-refractivity contribution in [3.63, 3.8) is 0 Å². The van der Waals surface area contributed by atoms with E-state index in [1.165, 1.54) is 0 Å². The lowest BCUT2D eigenvalue weighted by molar-refractivity contribution is -0.383. The van der Waals surface area contributed by atoms with Gasteiger partial charge in [-0.3, -0.25) is 4.79 Å². The van der Waals surface area contributed by atoms with Gasteiger partial charge in [0.25, 0.3) is 0 Å². The van der Waals surface area contributed by atoms with E-state index in [9.17, 15) is 35.4 Å². The van der Waals surface area contributed by atoms with Crippen LogP contribution in [-0.2, 0) is 23.7 Å². The SMILES string of the molecule is CCC(=O)OC[C@H]1O[C@@H](O[C@]2(CO)OC(CO)[C@@H](O)C2O)C(O)[C@@H](O)C1O. The van der Waals surface area contributed by atoms with E-state index in [0.717, 1.165) is 0 Å². The predicted octanol–water partition coefficient (Wildman–Crippen LogP) is -4.43. The number of carbonyl (C=O) groups is 1. The number of aliphatic hydroxyl groups excluding tert-OH is 7. The molecule has 7 N–H and O–H groups in total. The molecule has 4 unspecified atom stereocenters. The highest BCUT2D eigenvalue weighted by Gasteiger charge is 2.58. The first-order valence-electron chi connectivity index (χ1n) is 8.49. The molecule has 12 nitrogen and oxygen atoms in total. The van der Waals surface area contributed by atoms with Gasteiger partial charge in [-0.15, -0.1) is 0 Å². The van der Waals surface area contributed by atoms with Gasteiger partial charge in [0.2, 0.25) is 5.79 Å². The summed E-state index contributed by atoms with van der Waals surface area (Å²) < 4.78 is 20.7. The average molecular weight is 398 g/mol. The molecule has 2 aliphatic rings. The van der Waals surface area contributed by atoms with Crippen LogP contribution >= 0.6 is 0 Å². The second-order valence-corrected chi connectivity index (χ2v) is 6.41. The Bertz CT molecular complexity index is 503. The Kier molecular flexibility index (Phi) is 7.49. The number of hydrogen-bond donors (Lipinski definition) is 7. The van der Waals surface area contributed by atoms with Gasteiger partial charge in [0, 0.05) is 6.42 Å². The van der Waals surface area contributed by atoms with E-state index in [1.54, 1.807) is 6.92 Å². The lowest BCUT2D eigenvalue weighted by atomic mass is 9.99. The van der Waals surface area contributed by atoms with Crippen molar-refractivity contribution in [3.05, 3.63) is 0 Å². The molecule has 0 aliphatic carbocycles. The summed E-state index contributed by atoms with van der Waals surface area (Å²) in [6.07, 6.45) is -12.8. The molecule has 158 valence electrons. The quantitative estimate of drug-likeness (QED) is 0.204. The van der Waals surface area contributed by atoms with Crippen LogP contribution in [0.4, 0.5) is 0 Å². The number of esters is 1. The lowest BCUT2D eigenvalue weighted by Crippen LogP contribution is -2.62. The molecule has 0 spiro atoms. The summed E-state index contributed by atoms with van der Waals surface area (Å²) in [6.45, 7) is -0.566. The third kappa shape index (κ3) is 4.40. The van der Waals surface area contributed by atoms with Gasteiger partial charge >= 0.3 is 5.97 Å². The van der Waals surface area contributed by atoms with Crippen LogP contribution in [0.25, 0.3) is 0 Å². The molecular formula is C15H26O12. The third-order valence-electron chi connectivity index (χ3n) is 4.59. The van der Waals surface area contributed by atoms with E-state index in [-0.39, 0.29) is 6.42 Å². The van der Waals surface area contributed by atoms with Gasteiger partial charge in [-0.25, -0.2) is 0 Å². The zero-order valence-electron chi connectivity index (χ0n) is 14.6. The molecule has 0 aromatic rings. The van der Waals surface area contributed by atoms with Gasteiger partial charge in [0.15, 0.2) is 6.29 Å². The Morgan fingerprint density at radius 3 is 2.19 bits per heavy atom. The average Bonchev–Trinajstić information content (AvgIpc) is 2.92. The molecular weight excluding hydrogens is 372 g/mol. The van der Waals surface area contributed by atoms with Crippen molar-refractivity contribution in [3.8, 4) is 0 Å². The molecule has 0 aromatic carbocycles. The van der Waals surface area contributed by atoms with Crippen molar-refractivity contribution < 1.29 is 59.5 Å². The maximum atomic E-state index is 11.3. The molecule has 0 amide bonds. The number of aliphatic hydroxyl groups is 7. The van der Waals surface area contributed by atoms with Crippen LogP contribution in [-0.4, -0.2) is 116 Å². The number of ether oxygens (including phenoxy) is 4. The van der Waals surface area contributed by atoms with Crippen LogP contribution in [0, 0.1) is 0 Å². The second kappa shape index (κ2) is 9.05. The van der Waals surface area contributed by atoms with Crippen LogP contribution in [0.3, 0.4) is 0 Å². The topological polar surface area (TPSA) is 196 Å². The predicted molar refractivity (Wildman–Crippen MR) is 82.8 cm³/mol. The summed E-state index contributed by atoms with van der Waals surface area (Å²) >= 11 is 0. The summed E-state index contributed by atoms with van der Waals surface area (Å²) in [4.78, 5) is 11.3. The minimum absolute atomic E-state index is 0.0714. The monoisotopic (exact) mass is 398 g/mol. The first-order chi connectivity index (χ1) is 12.7. The fourth-order valence-corrected chi connectivity index (χ4v) is 2.90. The third-order valence-corrected chi connectivity index (χ3v) is 4.59. The van der Waals surface area contributed by atoms with Crippen molar-refractivity contribution in [2.45, 2.75) is 68.1 Å². The van der Waals surface area contributed by atoms with Crippen LogP contribution in [0.2, 0.25) is 0 Å². The molecule has 27 heavy (non-hydrogen) atoms. The molecule has 0 radical (unpaired) electrons. The van der Waals surface area contributed by atoms with Crippen molar-refractivity contribution in [2.24, 2.45) is 0 Å². The zero-order chi connectivity index (χ0) is 20.4. The molecule has 0 saturated carbocycles. The summed E-state index contributed by atoms with van der Waals surface area (Å²) in [5, 5.41) is 68.8. The number of carbonyl (C=O) groups excluding carboxylic acids is 1. The minimum atomic E-state index is -2.26. The van der Waals surface area contributed by atoms with Crippen LogP contribution in [0.5, 0.6) is 0 Å². The van der Waals surface area contributed by atoms with E-state index >= 15 is 0 Å².